The molecule has 26 heavy (non-hydrogen) atoms. The number of fused-ring (bicyclic) bond motifs is 1. The summed E-state index contributed by atoms with van der Waals surface area (Å²) in [7, 11) is 2.93. The Morgan fingerprint density at radius 3 is 2.62 bits per heavy atom. The third-order valence-electron chi connectivity index (χ3n) is 3.91. The first-order valence-electron chi connectivity index (χ1n) is 7.91. The first kappa shape index (κ1) is 17.5. The van der Waals surface area contributed by atoms with Crippen molar-refractivity contribution in [2.75, 3.05) is 14.2 Å². The van der Waals surface area contributed by atoms with Gasteiger partial charge in [-0.1, -0.05) is 12.1 Å². The molecule has 0 aliphatic heterocycles. The monoisotopic (exact) mass is 354 g/mol. The number of aromatic nitrogens is 2. The summed E-state index contributed by atoms with van der Waals surface area (Å²) < 4.78 is 17.2. The second-order valence-corrected chi connectivity index (χ2v) is 5.56. The first-order valence-corrected chi connectivity index (χ1v) is 7.91. The van der Waals surface area contributed by atoms with E-state index in [2.05, 4.69) is 4.98 Å². The molecule has 1 aromatic carbocycles. The Bertz CT molecular complexity index is 1030. The lowest BCUT2D eigenvalue weighted by atomic mass is 10.2. The van der Waals surface area contributed by atoms with E-state index in [1.165, 1.54) is 24.7 Å². The van der Waals surface area contributed by atoms with Crippen molar-refractivity contribution in [1.82, 2.24) is 9.38 Å². The van der Waals surface area contributed by atoms with Gasteiger partial charge in [0.1, 0.15) is 17.8 Å². The molecule has 0 aliphatic carbocycles. The van der Waals surface area contributed by atoms with Crippen molar-refractivity contribution in [2.24, 2.45) is 0 Å². The molecule has 0 saturated carbocycles. The highest BCUT2D eigenvalue weighted by molar-refractivity contribution is 5.93. The van der Waals surface area contributed by atoms with Crippen molar-refractivity contribution in [3.8, 4) is 11.5 Å². The SMILES string of the molecule is COc1cccc(C(=O)OCc2cc(=O)n3c(C)cccc3n2)c1OC. The lowest BCUT2D eigenvalue weighted by Gasteiger charge is -2.12. The van der Waals surface area contributed by atoms with Crippen LogP contribution in [0.4, 0.5) is 0 Å². The highest BCUT2D eigenvalue weighted by Gasteiger charge is 2.18. The van der Waals surface area contributed by atoms with Crippen molar-refractivity contribution in [1.29, 1.82) is 0 Å². The van der Waals surface area contributed by atoms with Gasteiger partial charge in [0.2, 0.25) is 0 Å². The van der Waals surface area contributed by atoms with E-state index in [0.717, 1.165) is 5.69 Å². The molecule has 0 fully saturated rings. The number of methoxy groups -OCH3 is 2. The van der Waals surface area contributed by atoms with Crippen LogP contribution in [-0.4, -0.2) is 29.6 Å². The summed E-state index contributed by atoms with van der Waals surface area (Å²) in [5.74, 6) is 0.133. The minimum Gasteiger partial charge on any atom is -0.493 e. The number of pyridine rings is 1. The molecule has 0 radical (unpaired) electrons. The molecule has 0 N–H and O–H groups in total. The maximum atomic E-state index is 12.4. The first-order chi connectivity index (χ1) is 12.5. The van der Waals surface area contributed by atoms with Crippen LogP contribution in [0, 0.1) is 6.92 Å². The quantitative estimate of drug-likeness (QED) is 0.655. The van der Waals surface area contributed by atoms with Gasteiger partial charge in [-0.2, -0.15) is 0 Å². The Morgan fingerprint density at radius 1 is 1.12 bits per heavy atom. The second kappa shape index (κ2) is 7.26. The molecule has 0 aliphatic rings. The van der Waals surface area contributed by atoms with Gasteiger partial charge in [-0.05, 0) is 31.2 Å². The standard InChI is InChI=1S/C19H18N2O5/c1-12-6-4-9-16-20-13(10-17(22)21(12)16)11-26-19(23)14-7-5-8-15(24-2)18(14)25-3/h4-10H,11H2,1-3H3. The van der Waals surface area contributed by atoms with Crippen LogP contribution in [0.15, 0.2) is 47.3 Å². The van der Waals surface area contributed by atoms with Crippen LogP contribution in [0.5, 0.6) is 11.5 Å². The molecule has 7 nitrogen and oxygen atoms in total. The third kappa shape index (κ3) is 3.23. The highest BCUT2D eigenvalue weighted by atomic mass is 16.5. The van der Waals surface area contributed by atoms with Gasteiger partial charge in [0.15, 0.2) is 11.5 Å². The van der Waals surface area contributed by atoms with Crippen LogP contribution in [0.1, 0.15) is 21.7 Å². The predicted molar refractivity (Wildman–Crippen MR) is 94.9 cm³/mol. The molecule has 0 amide bonds. The summed E-state index contributed by atoms with van der Waals surface area (Å²) in [6.07, 6.45) is 0. The van der Waals surface area contributed by atoms with Crippen LogP contribution >= 0.6 is 0 Å². The van der Waals surface area contributed by atoms with Crippen LogP contribution in [0.2, 0.25) is 0 Å². The van der Waals surface area contributed by atoms with Crippen LogP contribution in [0.25, 0.3) is 5.65 Å². The molecule has 0 spiro atoms. The summed E-state index contributed by atoms with van der Waals surface area (Å²) in [5, 5.41) is 0. The van der Waals surface area contributed by atoms with Crippen molar-refractivity contribution >= 4 is 11.6 Å². The number of aryl methyl sites for hydroxylation is 1. The number of hydrogen-bond acceptors (Lipinski definition) is 6. The molecule has 3 aromatic rings. The van der Waals surface area contributed by atoms with Gasteiger partial charge >= 0.3 is 5.97 Å². The molecule has 7 heteroatoms. The fourth-order valence-electron chi connectivity index (χ4n) is 2.70. The zero-order chi connectivity index (χ0) is 18.7. The van der Waals surface area contributed by atoms with E-state index in [4.69, 9.17) is 14.2 Å². The molecule has 0 saturated heterocycles. The van der Waals surface area contributed by atoms with Gasteiger partial charge in [-0.15, -0.1) is 0 Å². The zero-order valence-electron chi connectivity index (χ0n) is 14.7. The second-order valence-electron chi connectivity index (χ2n) is 5.56. The summed E-state index contributed by atoms with van der Waals surface area (Å²) >= 11 is 0. The minimum atomic E-state index is -0.591. The molecule has 2 heterocycles. The normalized spacial score (nSPS) is 10.6. The molecule has 3 rings (SSSR count). The summed E-state index contributed by atoms with van der Waals surface area (Å²) in [4.78, 5) is 29.0. The van der Waals surface area contributed by atoms with Crippen LogP contribution < -0.4 is 15.0 Å². The Morgan fingerprint density at radius 2 is 1.88 bits per heavy atom. The van der Waals surface area contributed by atoms with E-state index < -0.39 is 5.97 Å². The van der Waals surface area contributed by atoms with Gasteiger partial charge in [0.25, 0.3) is 5.56 Å². The molecule has 0 unspecified atom stereocenters. The van der Waals surface area contributed by atoms with Gasteiger partial charge < -0.3 is 14.2 Å². The Kier molecular flexibility index (Phi) is 4.88. The summed E-state index contributed by atoms with van der Waals surface area (Å²) in [5.41, 5.74) is 1.67. The topological polar surface area (TPSA) is 79.1 Å². The summed E-state index contributed by atoms with van der Waals surface area (Å²) in [6, 6.07) is 11.7. The molecule has 134 valence electrons. The van der Waals surface area contributed by atoms with E-state index in [9.17, 15) is 9.59 Å². The Labute approximate surface area is 149 Å². The maximum Gasteiger partial charge on any atom is 0.342 e. The number of carbonyl (C=O) groups excluding carboxylic acids is 1. The van der Waals surface area contributed by atoms with Gasteiger partial charge in [0, 0.05) is 11.8 Å². The Hall–Kier alpha value is -3.35. The number of nitrogens with zero attached hydrogens (tertiary/aromatic N) is 2. The smallest absolute Gasteiger partial charge is 0.342 e. The lowest BCUT2D eigenvalue weighted by molar-refractivity contribution is 0.0463. The Balaban J connectivity index is 1.85. The van der Waals surface area contributed by atoms with Crippen molar-refractivity contribution in [2.45, 2.75) is 13.5 Å². The van der Waals surface area contributed by atoms with E-state index in [0.29, 0.717) is 22.8 Å². The highest BCUT2D eigenvalue weighted by Crippen LogP contribution is 2.31. The third-order valence-corrected chi connectivity index (χ3v) is 3.91. The number of ether oxygens (including phenoxy) is 3. The largest absolute Gasteiger partial charge is 0.493 e. The van der Waals surface area contributed by atoms with Crippen LogP contribution in [0.3, 0.4) is 0 Å². The van der Waals surface area contributed by atoms with Gasteiger partial charge in [-0.3, -0.25) is 9.20 Å². The van der Waals surface area contributed by atoms with Gasteiger partial charge in [-0.25, -0.2) is 9.78 Å². The number of carbonyl (C=O) groups is 1. The number of rotatable bonds is 5. The van der Waals surface area contributed by atoms with Gasteiger partial charge in [0.05, 0.1) is 19.9 Å². The molecule has 2 aromatic heterocycles. The average molecular weight is 354 g/mol. The molecular weight excluding hydrogens is 336 g/mol. The number of para-hydroxylation sites is 1. The van der Waals surface area contributed by atoms with Crippen LogP contribution in [-0.2, 0) is 11.3 Å². The zero-order valence-corrected chi connectivity index (χ0v) is 14.7. The van der Waals surface area contributed by atoms with E-state index in [-0.39, 0.29) is 17.7 Å². The van der Waals surface area contributed by atoms with E-state index in [1.54, 1.807) is 24.3 Å². The minimum absolute atomic E-state index is 0.126. The molecule has 0 bridgehead atoms. The molecule has 0 atom stereocenters. The fourth-order valence-corrected chi connectivity index (χ4v) is 2.70. The maximum absolute atomic E-state index is 12.4. The number of esters is 1. The summed E-state index contributed by atoms with van der Waals surface area (Å²) in [6.45, 7) is 1.70. The lowest BCUT2D eigenvalue weighted by Crippen LogP contribution is -2.18. The average Bonchev–Trinajstić information content (AvgIpc) is 2.65. The number of hydrogen-bond donors (Lipinski definition) is 0. The number of benzene rings is 1. The van der Waals surface area contributed by atoms with Crippen molar-refractivity contribution in [3.63, 3.8) is 0 Å². The van der Waals surface area contributed by atoms with E-state index in [1.807, 2.05) is 19.1 Å². The predicted octanol–water partition coefficient (Wildman–Crippen LogP) is 2.38. The van der Waals surface area contributed by atoms with Crippen molar-refractivity contribution in [3.05, 3.63) is 69.8 Å². The van der Waals surface area contributed by atoms with E-state index >= 15 is 0 Å². The van der Waals surface area contributed by atoms with Crippen molar-refractivity contribution < 1.29 is 19.0 Å². The molecular formula is C19H18N2O5. The fraction of sp³-hybridized carbons (Fsp3) is 0.211.